The number of carbonyl (C=O) groups excluding carboxylic acids is 2. The Bertz CT molecular complexity index is 672. The highest BCUT2D eigenvalue weighted by molar-refractivity contribution is 5.89. The first-order chi connectivity index (χ1) is 12.7. The number of carbonyl (C=O) groups is 2. The quantitative estimate of drug-likeness (QED) is 0.792. The molecule has 0 bridgehead atoms. The Morgan fingerprint density at radius 2 is 2.07 bits per heavy atom. The van der Waals surface area contributed by atoms with Crippen LogP contribution in [0.25, 0.3) is 0 Å². The molecule has 1 fully saturated rings. The highest BCUT2D eigenvalue weighted by Crippen LogP contribution is 2.18. The van der Waals surface area contributed by atoms with E-state index in [-0.39, 0.29) is 18.2 Å². The summed E-state index contributed by atoms with van der Waals surface area (Å²) in [6.07, 6.45) is 1.34. The molecule has 27 heavy (non-hydrogen) atoms. The molecule has 1 heterocycles. The van der Waals surface area contributed by atoms with Crippen LogP contribution in [0.15, 0.2) is 18.2 Å². The maximum absolute atomic E-state index is 14.4. The molecule has 2 rings (SSSR count). The number of hydrogen-bond acceptors (Lipinski definition) is 5. The molecule has 1 aliphatic rings. The summed E-state index contributed by atoms with van der Waals surface area (Å²) in [6.45, 7) is 9.29. The lowest BCUT2D eigenvalue weighted by molar-refractivity contribution is 0.0468. The minimum Gasteiger partial charge on any atom is -0.462 e. The number of ether oxygens (including phenoxy) is 2. The van der Waals surface area contributed by atoms with Gasteiger partial charge in [0.15, 0.2) is 0 Å². The number of piperidine rings is 1. The first kappa shape index (κ1) is 21.2. The van der Waals surface area contributed by atoms with Crippen LogP contribution in [0.3, 0.4) is 0 Å². The second-order valence-corrected chi connectivity index (χ2v) is 7.75. The van der Waals surface area contributed by atoms with Gasteiger partial charge in [0, 0.05) is 24.7 Å². The molecular weight excluding hydrogens is 351 g/mol. The average Bonchev–Trinajstić information content (AvgIpc) is 2.55. The van der Waals surface area contributed by atoms with Crippen LogP contribution in [-0.2, 0) is 16.0 Å². The number of alkyl carbamates (subject to hydrolysis) is 1. The van der Waals surface area contributed by atoms with Crippen molar-refractivity contribution >= 4 is 12.1 Å². The van der Waals surface area contributed by atoms with Crippen molar-refractivity contribution in [1.82, 2.24) is 10.2 Å². The number of likely N-dealkylation sites (tertiary alicyclic amines) is 1. The molecule has 1 aromatic carbocycles. The van der Waals surface area contributed by atoms with Crippen molar-refractivity contribution in [3.8, 4) is 0 Å². The number of nitrogens with zero attached hydrogens (tertiary/aromatic N) is 1. The number of amides is 1. The number of hydrogen-bond donors (Lipinski definition) is 1. The number of halogens is 1. The molecule has 0 saturated carbocycles. The van der Waals surface area contributed by atoms with Gasteiger partial charge in [-0.1, -0.05) is 6.07 Å². The summed E-state index contributed by atoms with van der Waals surface area (Å²) in [4.78, 5) is 25.7. The van der Waals surface area contributed by atoms with Crippen LogP contribution in [0.1, 0.15) is 56.5 Å². The molecule has 0 unspecified atom stereocenters. The van der Waals surface area contributed by atoms with Crippen molar-refractivity contribution in [2.75, 3.05) is 19.7 Å². The molecule has 1 aromatic rings. The van der Waals surface area contributed by atoms with Gasteiger partial charge >= 0.3 is 12.1 Å². The number of rotatable bonds is 5. The lowest BCUT2D eigenvalue weighted by Gasteiger charge is -2.33. The highest BCUT2D eigenvalue weighted by atomic mass is 19.1. The van der Waals surface area contributed by atoms with Crippen molar-refractivity contribution in [2.45, 2.75) is 58.7 Å². The number of benzene rings is 1. The molecule has 0 aromatic heterocycles. The molecule has 1 aliphatic heterocycles. The van der Waals surface area contributed by atoms with Gasteiger partial charge in [0.25, 0.3) is 0 Å². The third kappa shape index (κ3) is 6.82. The van der Waals surface area contributed by atoms with Crippen molar-refractivity contribution in [3.05, 3.63) is 35.1 Å². The van der Waals surface area contributed by atoms with E-state index >= 15 is 0 Å². The summed E-state index contributed by atoms with van der Waals surface area (Å²) < 4.78 is 24.6. The first-order valence-corrected chi connectivity index (χ1v) is 9.35. The topological polar surface area (TPSA) is 67.9 Å². The van der Waals surface area contributed by atoms with Crippen LogP contribution in [0, 0.1) is 5.82 Å². The molecule has 0 radical (unpaired) electrons. The monoisotopic (exact) mass is 380 g/mol. The fourth-order valence-electron chi connectivity index (χ4n) is 3.05. The van der Waals surface area contributed by atoms with E-state index < -0.39 is 23.5 Å². The van der Waals surface area contributed by atoms with Crippen LogP contribution < -0.4 is 5.32 Å². The lowest BCUT2D eigenvalue weighted by atomic mass is 10.0. The minimum atomic E-state index is -0.539. The van der Waals surface area contributed by atoms with Gasteiger partial charge in [-0.2, -0.15) is 0 Å². The molecule has 6 nitrogen and oxygen atoms in total. The van der Waals surface area contributed by atoms with Gasteiger partial charge in [-0.25, -0.2) is 14.0 Å². The molecule has 0 aliphatic carbocycles. The van der Waals surface area contributed by atoms with E-state index in [1.54, 1.807) is 19.1 Å². The summed E-state index contributed by atoms with van der Waals surface area (Å²) >= 11 is 0. The van der Waals surface area contributed by atoms with Crippen LogP contribution in [0.4, 0.5) is 9.18 Å². The normalized spacial score (nSPS) is 18.0. The van der Waals surface area contributed by atoms with E-state index in [2.05, 4.69) is 10.2 Å². The lowest BCUT2D eigenvalue weighted by Crippen LogP contribution is -2.48. The van der Waals surface area contributed by atoms with Crippen LogP contribution in [0.2, 0.25) is 0 Å². The first-order valence-electron chi connectivity index (χ1n) is 9.35. The molecule has 7 heteroatoms. The summed E-state index contributed by atoms with van der Waals surface area (Å²) in [5.74, 6) is -0.953. The minimum absolute atomic E-state index is 0.0320. The van der Waals surface area contributed by atoms with E-state index in [0.717, 1.165) is 19.4 Å². The van der Waals surface area contributed by atoms with Gasteiger partial charge in [-0.15, -0.1) is 0 Å². The zero-order chi connectivity index (χ0) is 20.0. The summed E-state index contributed by atoms with van der Waals surface area (Å²) in [6, 6.07) is 4.38. The molecule has 0 spiro atoms. The fraction of sp³-hybridized carbons (Fsp3) is 0.600. The van der Waals surface area contributed by atoms with Crippen molar-refractivity contribution in [2.24, 2.45) is 0 Å². The van der Waals surface area contributed by atoms with E-state index in [1.165, 1.54) is 6.07 Å². The van der Waals surface area contributed by atoms with Crippen LogP contribution in [-0.4, -0.2) is 48.3 Å². The Morgan fingerprint density at radius 1 is 1.33 bits per heavy atom. The zero-order valence-electron chi connectivity index (χ0n) is 16.5. The molecular formula is C20H29FN2O4. The number of nitrogens with one attached hydrogen (secondary N) is 1. The van der Waals surface area contributed by atoms with Crippen molar-refractivity contribution in [3.63, 3.8) is 0 Å². The molecule has 1 saturated heterocycles. The second-order valence-electron chi connectivity index (χ2n) is 7.75. The van der Waals surface area contributed by atoms with Gasteiger partial charge in [-0.3, -0.25) is 4.90 Å². The van der Waals surface area contributed by atoms with Crippen LogP contribution in [0.5, 0.6) is 0 Å². The van der Waals surface area contributed by atoms with E-state index in [9.17, 15) is 14.0 Å². The summed E-state index contributed by atoms with van der Waals surface area (Å²) in [5, 5.41) is 2.89. The summed E-state index contributed by atoms with van der Waals surface area (Å²) in [5.41, 5.74) is 0.185. The molecule has 1 amide bonds. The van der Waals surface area contributed by atoms with E-state index in [1.807, 2.05) is 20.8 Å². The highest BCUT2D eigenvalue weighted by Gasteiger charge is 2.25. The third-order valence-electron chi connectivity index (χ3n) is 4.18. The maximum atomic E-state index is 14.4. The van der Waals surface area contributed by atoms with Gasteiger partial charge < -0.3 is 14.8 Å². The predicted octanol–water partition coefficient (Wildman–Crippen LogP) is 3.49. The fourth-order valence-corrected chi connectivity index (χ4v) is 3.05. The van der Waals surface area contributed by atoms with Gasteiger partial charge in [0.05, 0.1) is 12.2 Å². The maximum Gasteiger partial charge on any atom is 0.407 e. The van der Waals surface area contributed by atoms with E-state index in [4.69, 9.17) is 9.47 Å². The Hall–Kier alpha value is -2.15. The smallest absolute Gasteiger partial charge is 0.407 e. The van der Waals surface area contributed by atoms with Gasteiger partial charge in [0.1, 0.15) is 11.4 Å². The van der Waals surface area contributed by atoms with Gasteiger partial charge in [0.2, 0.25) is 0 Å². The molecule has 1 N–H and O–H groups in total. The number of esters is 1. The Morgan fingerprint density at radius 3 is 2.70 bits per heavy atom. The van der Waals surface area contributed by atoms with Gasteiger partial charge in [-0.05, 0) is 59.2 Å². The largest absolute Gasteiger partial charge is 0.462 e. The average molecular weight is 380 g/mol. The summed E-state index contributed by atoms with van der Waals surface area (Å²) in [7, 11) is 0. The third-order valence-corrected chi connectivity index (χ3v) is 4.18. The SMILES string of the molecule is CCOC(=O)c1ccc(CN2CCC[C@H](NC(=O)OC(C)(C)C)C2)c(F)c1. The predicted molar refractivity (Wildman–Crippen MR) is 100 cm³/mol. The van der Waals surface area contributed by atoms with Crippen molar-refractivity contribution in [1.29, 1.82) is 0 Å². The Balaban J connectivity index is 1.93. The Labute approximate surface area is 160 Å². The van der Waals surface area contributed by atoms with E-state index in [0.29, 0.717) is 18.7 Å². The second kappa shape index (κ2) is 9.17. The van der Waals surface area contributed by atoms with Crippen LogP contribution >= 0.6 is 0 Å². The zero-order valence-corrected chi connectivity index (χ0v) is 16.5. The molecule has 1 atom stereocenters. The standard InChI is InChI=1S/C20H29FN2O4/c1-5-26-18(24)14-8-9-15(17(21)11-14)12-23-10-6-7-16(13-23)22-19(25)27-20(2,3)4/h8-9,11,16H,5-7,10,12-13H2,1-4H3,(H,22,25)/t16-/m0/s1. The molecule has 150 valence electrons. The van der Waals surface area contributed by atoms with Crippen molar-refractivity contribution < 1.29 is 23.5 Å². The Kier molecular flexibility index (Phi) is 7.18.